The van der Waals surface area contributed by atoms with E-state index in [4.69, 9.17) is 0 Å². The molecule has 0 aliphatic rings. The van der Waals surface area contributed by atoms with Gasteiger partial charge in [0.25, 0.3) is 0 Å². The number of hydrogen-bond donors (Lipinski definition) is 1. The first-order valence-corrected chi connectivity index (χ1v) is 4.12. The normalized spacial score (nSPS) is 9.54. The minimum atomic E-state index is -0.222. The lowest BCUT2D eigenvalue weighted by Crippen LogP contribution is -1.95. The molecule has 1 N–H and O–H groups in total. The fourth-order valence-corrected chi connectivity index (χ4v) is 0.925. The Bertz CT molecular complexity index is 328. The van der Waals surface area contributed by atoms with Gasteiger partial charge in [-0.3, -0.25) is 5.43 Å². The molecule has 0 bridgehead atoms. The second-order valence-corrected chi connectivity index (χ2v) is 3.13. The molecule has 0 fully saturated rings. The zero-order valence-electron chi connectivity index (χ0n) is 8.06. The van der Waals surface area contributed by atoms with Crippen molar-refractivity contribution < 1.29 is 4.39 Å². The topological polar surface area (TPSA) is 24.4 Å². The van der Waals surface area contributed by atoms with Gasteiger partial charge in [0.05, 0.1) is 5.69 Å². The van der Waals surface area contributed by atoms with Gasteiger partial charge < -0.3 is 0 Å². The summed E-state index contributed by atoms with van der Waals surface area (Å²) < 4.78 is 12.7. The first-order valence-electron chi connectivity index (χ1n) is 4.12. The summed E-state index contributed by atoms with van der Waals surface area (Å²) in [4.78, 5) is 0. The Kier molecular flexibility index (Phi) is 3.01. The van der Waals surface area contributed by atoms with E-state index >= 15 is 0 Å². The van der Waals surface area contributed by atoms with Gasteiger partial charge in [-0.25, -0.2) is 4.39 Å². The molecule has 1 rings (SSSR count). The number of nitrogens with one attached hydrogen (secondary N) is 1. The van der Waals surface area contributed by atoms with E-state index in [9.17, 15) is 4.39 Å². The van der Waals surface area contributed by atoms with E-state index in [1.54, 1.807) is 6.07 Å². The number of aryl methyl sites for hydroxylation is 1. The van der Waals surface area contributed by atoms with Crippen molar-refractivity contribution in [2.45, 2.75) is 20.8 Å². The molecule has 1 aromatic carbocycles. The minimum absolute atomic E-state index is 0.222. The summed E-state index contributed by atoms with van der Waals surface area (Å²) in [5.74, 6) is -0.222. The smallest absolute Gasteiger partial charge is 0.123 e. The molecule has 0 aliphatic heterocycles. The predicted octanol–water partition coefficient (Wildman–Crippen LogP) is 2.94. The van der Waals surface area contributed by atoms with Crippen LogP contribution < -0.4 is 5.43 Å². The minimum Gasteiger partial charge on any atom is -0.278 e. The van der Waals surface area contributed by atoms with Gasteiger partial charge in [0.2, 0.25) is 0 Å². The molecule has 1 aromatic rings. The molecule has 0 unspecified atom stereocenters. The molecule has 2 nitrogen and oxygen atoms in total. The number of anilines is 1. The maximum absolute atomic E-state index is 12.7. The summed E-state index contributed by atoms with van der Waals surface area (Å²) >= 11 is 0. The third-order valence-corrected chi connectivity index (χ3v) is 1.59. The summed E-state index contributed by atoms with van der Waals surface area (Å²) in [6.45, 7) is 5.63. The number of hydrazone groups is 1. The third-order valence-electron chi connectivity index (χ3n) is 1.59. The van der Waals surface area contributed by atoms with Crippen molar-refractivity contribution >= 4 is 11.4 Å². The van der Waals surface area contributed by atoms with E-state index in [-0.39, 0.29) is 5.82 Å². The van der Waals surface area contributed by atoms with Crippen molar-refractivity contribution in [1.82, 2.24) is 0 Å². The molecule has 0 aromatic heterocycles. The highest BCUT2D eigenvalue weighted by molar-refractivity contribution is 5.79. The van der Waals surface area contributed by atoms with Gasteiger partial charge in [-0.05, 0) is 44.5 Å². The van der Waals surface area contributed by atoms with Gasteiger partial charge in [0.1, 0.15) is 5.82 Å². The standard InChI is InChI=1S/C10H13FN2/c1-7(2)12-13-10-5-4-9(11)6-8(10)3/h4-6,13H,1-3H3. The van der Waals surface area contributed by atoms with E-state index in [0.29, 0.717) is 0 Å². The van der Waals surface area contributed by atoms with Crippen molar-refractivity contribution in [3.63, 3.8) is 0 Å². The molecule has 0 heterocycles. The maximum atomic E-state index is 12.7. The Morgan fingerprint density at radius 3 is 2.62 bits per heavy atom. The van der Waals surface area contributed by atoms with E-state index in [2.05, 4.69) is 10.5 Å². The van der Waals surface area contributed by atoms with Crippen LogP contribution in [0.2, 0.25) is 0 Å². The van der Waals surface area contributed by atoms with Gasteiger partial charge in [-0.2, -0.15) is 5.10 Å². The zero-order valence-corrected chi connectivity index (χ0v) is 8.06. The SMILES string of the molecule is CC(C)=NNc1ccc(F)cc1C. The van der Waals surface area contributed by atoms with Gasteiger partial charge in [-0.15, -0.1) is 0 Å². The highest BCUT2D eigenvalue weighted by Gasteiger charge is 1.97. The summed E-state index contributed by atoms with van der Waals surface area (Å²) in [6.07, 6.45) is 0. The highest BCUT2D eigenvalue weighted by Crippen LogP contribution is 2.15. The lowest BCUT2D eigenvalue weighted by Gasteiger charge is -2.04. The maximum Gasteiger partial charge on any atom is 0.123 e. The van der Waals surface area contributed by atoms with Gasteiger partial charge >= 0.3 is 0 Å². The molecule has 0 atom stereocenters. The summed E-state index contributed by atoms with van der Waals surface area (Å²) in [5.41, 5.74) is 5.48. The van der Waals surface area contributed by atoms with Gasteiger partial charge in [-0.1, -0.05) is 0 Å². The fourth-order valence-electron chi connectivity index (χ4n) is 0.925. The van der Waals surface area contributed by atoms with Crippen LogP contribution in [0.5, 0.6) is 0 Å². The quantitative estimate of drug-likeness (QED) is 0.549. The number of halogens is 1. The largest absolute Gasteiger partial charge is 0.278 e. The van der Waals surface area contributed by atoms with Crippen molar-refractivity contribution in [3.8, 4) is 0 Å². The Hall–Kier alpha value is -1.38. The Morgan fingerprint density at radius 1 is 1.38 bits per heavy atom. The fraction of sp³-hybridized carbons (Fsp3) is 0.300. The molecule has 0 spiro atoms. The second-order valence-electron chi connectivity index (χ2n) is 3.13. The van der Waals surface area contributed by atoms with Crippen LogP contribution in [-0.4, -0.2) is 5.71 Å². The molecular formula is C10H13FN2. The lowest BCUT2D eigenvalue weighted by molar-refractivity contribution is 0.627. The zero-order chi connectivity index (χ0) is 9.84. The Labute approximate surface area is 77.5 Å². The Morgan fingerprint density at radius 2 is 2.08 bits per heavy atom. The van der Waals surface area contributed by atoms with Crippen LogP contribution in [-0.2, 0) is 0 Å². The highest BCUT2D eigenvalue weighted by atomic mass is 19.1. The van der Waals surface area contributed by atoms with Crippen LogP contribution in [0.4, 0.5) is 10.1 Å². The van der Waals surface area contributed by atoms with Crippen LogP contribution in [0.1, 0.15) is 19.4 Å². The summed E-state index contributed by atoms with van der Waals surface area (Å²) in [5, 5.41) is 4.03. The van der Waals surface area contributed by atoms with E-state index in [1.807, 2.05) is 20.8 Å². The lowest BCUT2D eigenvalue weighted by atomic mass is 10.2. The average molecular weight is 180 g/mol. The first kappa shape index (κ1) is 9.71. The monoisotopic (exact) mass is 180 g/mol. The van der Waals surface area contributed by atoms with Crippen LogP contribution in [0.25, 0.3) is 0 Å². The summed E-state index contributed by atoms with van der Waals surface area (Å²) in [6, 6.07) is 4.57. The molecule has 70 valence electrons. The first-order chi connectivity index (χ1) is 6.09. The molecular weight excluding hydrogens is 167 g/mol. The molecule has 0 amide bonds. The van der Waals surface area contributed by atoms with Crippen molar-refractivity contribution in [2.75, 3.05) is 5.43 Å². The second kappa shape index (κ2) is 4.03. The van der Waals surface area contributed by atoms with Crippen molar-refractivity contribution in [1.29, 1.82) is 0 Å². The molecule has 13 heavy (non-hydrogen) atoms. The predicted molar refractivity (Wildman–Crippen MR) is 53.5 cm³/mol. The van der Waals surface area contributed by atoms with E-state index in [0.717, 1.165) is 17.0 Å². The van der Waals surface area contributed by atoms with E-state index in [1.165, 1.54) is 12.1 Å². The Balaban J connectivity index is 2.84. The van der Waals surface area contributed by atoms with E-state index < -0.39 is 0 Å². The number of benzene rings is 1. The van der Waals surface area contributed by atoms with Crippen LogP contribution >= 0.6 is 0 Å². The number of nitrogens with zero attached hydrogens (tertiary/aromatic N) is 1. The molecule has 0 saturated carbocycles. The average Bonchev–Trinajstić information content (AvgIpc) is 2.02. The number of rotatable bonds is 2. The van der Waals surface area contributed by atoms with Crippen LogP contribution in [0.15, 0.2) is 23.3 Å². The molecule has 0 saturated heterocycles. The molecule has 0 radical (unpaired) electrons. The number of hydrogen-bond acceptors (Lipinski definition) is 2. The van der Waals surface area contributed by atoms with Gasteiger partial charge in [0, 0.05) is 5.71 Å². The third kappa shape index (κ3) is 2.86. The van der Waals surface area contributed by atoms with Crippen molar-refractivity contribution in [3.05, 3.63) is 29.6 Å². The molecule has 0 aliphatic carbocycles. The summed E-state index contributed by atoms with van der Waals surface area (Å²) in [7, 11) is 0. The van der Waals surface area contributed by atoms with Crippen LogP contribution in [0, 0.1) is 12.7 Å². The molecule has 3 heteroatoms. The van der Waals surface area contributed by atoms with Crippen molar-refractivity contribution in [2.24, 2.45) is 5.10 Å². The van der Waals surface area contributed by atoms with Crippen LogP contribution in [0.3, 0.4) is 0 Å². The van der Waals surface area contributed by atoms with Gasteiger partial charge in [0.15, 0.2) is 0 Å².